The highest BCUT2D eigenvalue weighted by molar-refractivity contribution is 9.10. The Morgan fingerprint density at radius 3 is 2.23 bits per heavy atom. The van der Waals surface area contributed by atoms with Gasteiger partial charge in [-0.2, -0.15) is 0 Å². The molecule has 6 nitrogen and oxygen atoms in total. The lowest BCUT2D eigenvalue weighted by molar-refractivity contribution is 0.0185. The van der Waals surface area contributed by atoms with E-state index in [-0.39, 0.29) is 24.8 Å². The van der Waals surface area contributed by atoms with Crippen LogP contribution >= 0.6 is 15.9 Å². The number of aliphatic hydroxyl groups is 2. The van der Waals surface area contributed by atoms with Crippen LogP contribution in [0.1, 0.15) is 28.7 Å². The lowest BCUT2D eigenvalue weighted by Crippen LogP contribution is -2.36. The highest BCUT2D eigenvalue weighted by Crippen LogP contribution is 2.44. The molecule has 7 heteroatoms. The van der Waals surface area contributed by atoms with Crippen LogP contribution in [-0.4, -0.2) is 40.7 Å². The van der Waals surface area contributed by atoms with E-state index in [4.69, 9.17) is 4.74 Å². The Morgan fingerprint density at radius 2 is 1.61 bits per heavy atom. The number of hydrogen-bond donors (Lipinski definition) is 4. The summed E-state index contributed by atoms with van der Waals surface area (Å²) < 4.78 is 5.83. The normalized spacial score (nSPS) is 14.4. The third kappa shape index (κ3) is 4.44. The van der Waals surface area contributed by atoms with E-state index in [9.17, 15) is 20.1 Å². The van der Waals surface area contributed by atoms with Crippen LogP contribution in [0.3, 0.4) is 0 Å². The Bertz CT molecular complexity index is 1060. The maximum atomic E-state index is 12.2. The molecular formula is C24H22BrNO5. The van der Waals surface area contributed by atoms with E-state index in [1.54, 1.807) is 0 Å². The van der Waals surface area contributed by atoms with E-state index in [1.165, 1.54) is 18.2 Å². The Kier molecular flexibility index (Phi) is 6.27. The number of nitrogens with one attached hydrogen (secondary N) is 1. The van der Waals surface area contributed by atoms with Crippen molar-refractivity contribution in [2.75, 3.05) is 13.2 Å². The van der Waals surface area contributed by atoms with Gasteiger partial charge in [0, 0.05) is 12.5 Å². The summed E-state index contributed by atoms with van der Waals surface area (Å²) >= 11 is 3.17. The molecule has 0 saturated carbocycles. The molecule has 0 saturated heterocycles. The summed E-state index contributed by atoms with van der Waals surface area (Å²) in [5, 5.41) is 32.6. The minimum Gasteiger partial charge on any atom is -0.507 e. The Morgan fingerprint density at radius 1 is 1.00 bits per heavy atom. The zero-order valence-corrected chi connectivity index (χ0v) is 18.1. The molecule has 2 unspecified atom stereocenters. The molecule has 0 bridgehead atoms. The van der Waals surface area contributed by atoms with E-state index in [0.29, 0.717) is 10.0 Å². The van der Waals surface area contributed by atoms with Gasteiger partial charge in [0.2, 0.25) is 0 Å². The summed E-state index contributed by atoms with van der Waals surface area (Å²) in [6.07, 6.45) is -3.14. The number of halogens is 1. The minimum absolute atomic E-state index is 0.0298. The second-order valence-electron chi connectivity index (χ2n) is 7.43. The summed E-state index contributed by atoms with van der Waals surface area (Å²) in [7, 11) is 0. The number of ether oxygens (including phenoxy) is 1. The van der Waals surface area contributed by atoms with Crippen LogP contribution < -0.4 is 5.32 Å². The van der Waals surface area contributed by atoms with Crippen molar-refractivity contribution in [1.29, 1.82) is 0 Å². The van der Waals surface area contributed by atoms with Gasteiger partial charge in [-0.15, -0.1) is 0 Å². The van der Waals surface area contributed by atoms with Gasteiger partial charge in [0.1, 0.15) is 24.6 Å². The van der Waals surface area contributed by atoms with Gasteiger partial charge in [-0.1, -0.05) is 54.6 Å². The lowest BCUT2D eigenvalue weighted by Gasteiger charge is -2.19. The number of aromatic hydroxyl groups is 1. The van der Waals surface area contributed by atoms with Gasteiger partial charge in [0.05, 0.1) is 4.47 Å². The molecule has 0 radical (unpaired) electrons. The third-order valence-corrected chi connectivity index (χ3v) is 6.11. The van der Waals surface area contributed by atoms with Crippen LogP contribution in [0.5, 0.6) is 5.75 Å². The number of carbonyl (C=O) groups is 1. The number of phenolic OH excluding ortho intramolecular Hbond substituents is 1. The Balaban J connectivity index is 1.34. The number of fused-ring (bicyclic) bond motifs is 3. The topological polar surface area (TPSA) is 99.0 Å². The van der Waals surface area contributed by atoms with E-state index in [1.807, 2.05) is 36.4 Å². The average Bonchev–Trinajstić information content (AvgIpc) is 3.11. The molecule has 31 heavy (non-hydrogen) atoms. The molecule has 0 spiro atoms. The number of rotatable bonds is 6. The molecular weight excluding hydrogens is 462 g/mol. The molecule has 4 rings (SSSR count). The number of benzene rings is 3. The fourth-order valence-electron chi connectivity index (χ4n) is 3.88. The number of alkyl carbamates (subject to hydrolysis) is 1. The van der Waals surface area contributed by atoms with Crippen LogP contribution in [0, 0.1) is 0 Å². The van der Waals surface area contributed by atoms with Crippen molar-refractivity contribution in [1.82, 2.24) is 5.32 Å². The van der Waals surface area contributed by atoms with Crippen LogP contribution in [-0.2, 0) is 4.74 Å². The molecule has 1 aliphatic carbocycles. The second-order valence-corrected chi connectivity index (χ2v) is 8.28. The fraction of sp³-hybridized carbons (Fsp3) is 0.208. The van der Waals surface area contributed by atoms with Crippen molar-refractivity contribution in [2.24, 2.45) is 0 Å². The summed E-state index contributed by atoms with van der Waals surface area (Å²) in [4.78, 5) is 12.2. The maximum absolute atomic E-state index is 12.2. The first-order valence-electron chi connectivity index (χ1n) is 9.89. The van der Waals surface area contributed by atoms with Crippen molar-refractivity contribution in [3.8, 4) is 16.9 Å². The first kappa shape index (κ1) is 21.4. The third-order valence-electron chi connectivity index (χ3n) is 5.48. The summed E-state index contributed by atoms with van der Waals surface area (Å²) in [6.45, 7) is -0.0141. The quantitative estimate of drug-likeness (QED) is 0.423. The summed E-state index contributed by atoms with van der Waals surface area (Å²) in [5.74, 6) is -0.0230. The molecule has 0 aromatic heterocycles. The summed E-state index contributed by atoms with van der Waals surface area (Å²) in [5.41, 5.74) is 4.93. The number of amides is 1. The van der Waals surface area contributed by atoms with Crippen LogP contribution in [0.25, 0.3) is 11.1 Å². The van der Waals surface area contributed by atoms with E-state index < -0.39 is 18.3 Å². The second kappa shape index (κ2) is 9.09. The predicted octanol–water partition coefficient (Wildman–Crippen LogP) is 4.09. The molecule has 3 aromatic rings. The molecule has 0 aliphatic heterocycles. The van der Waals surface area contributed by atoms with Crippen molar-refractivity contribution in [2.45, 2.75) is 18.1 Å². The number of hydrogen-bond acceptors (Lipinski definition) is 5. The van der Waals surface area contributed by atoms with Crippen molar-refractivity contribution in [3.63, 3.8) is 0 Å². The van der Waals surface area contributed by atoms with Crippen LogP contribution in [0.15, 0.2) is 71.2 Å². The molecule has 1 amide bonds. The van der Waals surface area contributed by atoms with Gasteiger partial charge in [0.15, 0.2) is 0 Å². The van der Waals surface area contributed by atoms with Gasteiger partial charge in [-0.3, -0.25) is 0 Å². The predicted molar refractivity (Wildman–Crippen MR) is 120 cm³/mol. The zero-order chi connectivity index (χ0) is 22.0. The SMILES string of the molecule is O=C(NCC(O)C(O)c1ccc(O)c(Br)c1)OCC1c2ccccc2-c2ccccc21. The molecule has 0 fully saturated rings. The molecule has 4 N–H and O–H groups in total. The molecule has 2 atom stereocenters. The van der Waals surface area contributed by atoms with Crippen molar-refractivity contribution < 1.29 is 24.9 Å². The van der Waals surface area contributed by atoms with Crippen molar-refractivity contribution in [3.05, 3.63) is 87.9 Å². The first-order valence-corrected chi connectivity index (χ1v) is 10.7. The summed E-state index contributed by atoms with van der Waals surface area (Å²) in [6, 6.07) is 20.5. The smallest absolute Gasteiger partial charge is 0.407 e. The van der Waals surface area contributed by atoms with Gasteiger partial charge >= 0.3 is 6.09 Å². The monoisotopic (exact) mass is 483 g/mol. The fourth-order valence-corrected chi connectivity index (χ4v) is 4.27. The Labute approximate surface area is 188 Å². The number of phenols is 1. The van der Waals surface area contributed by atoms with Gasteiger partial charge in [-0.05, 0) is 55.9 Å². The minimum atomic E-state index is -1.24. The first-order chi connectivity index (χ1) is 15.0. The van der Waals surface area contributed by atoms with Crippen LogP contribution in [0.2, 0.25) is 0 Å². The van der Waals surface area contributed by atoms with Crippen LogP contribution in [0.4, 0.5) is 4.79 Å². The lowest BCUT2D eigenvalue weighted by atomic mass is 9.98. The molecule has 160 valence electrons. The highest BCUT2D eigenvalue weighted by Gasteiger charge is 2.29. The Hall–Kier alpha value is -2.87. The van der Waals surface area contributed by atoms with Gasteiger partial charge in [-0.25, -0.2) is 4.79 Å². The zero-order valence-electron chi connectivity index (χ0n) is 16.5. The standard InChI is InChI=1S/C24H22BrNO5/c25-20-11-14(9-10-21(20)27)23(29)22(28)12-26-24(30)31-13-19-17-7-3-1-5-15(17)16-6-2-4-8-18(16)19/h1-11,19,22-23,27-29H,12-13H2,(H,26,30). The number of aliphatic hydroxyl groups excluding tert-OH is 2. The van der Waals surface area contributed by atoms with E-state index in [0.717, 1.165) is 22.3 Å². The van der Waals surface area contributed by atoms with Crippen molar-refractivity contribution >= 4 is 22.0 Å². The molecule has 1 aliphatic rings. The molecule has 0 heterocycles. The van der Waals surface area contributed by atoms with E-state index in [2.05, 4.69) is 33.4 Å². The maximum Gasteiger partial charge on any atom is 0.407 e. The largest absolute Gasteiger partial charge is 0.507 e. The highest BCUT2D eigenvalue weighted by atomic mass is 79.9. The number of carbonyl (C=O) groups excluding carboxylic acids is 1. The average molecular weight is 484 g/mol. The van der Waals surface area contributed by atoms with E-state index >= 15 is 0 Å². The molecule has 3 aromatic carbocycles. The van der Waals surface area contributed by atoms with Gasteiger partial charge < -0.3 is 25.4 Å². The van der Waals surface area contributed by atoms with Gasteiger partial charge in [0.25, 0.3) is 0 Å².